The summed E-state index contributed by atoms with van der Waals surface area (Å²) in [6, 6.07) is 5.33. The maximum Gasteiger partial charge on any atom is 0.237 e. The first kappa shape index (κ1) is 15.7. The zero-order valence-electron chi connectivity index (χ0n) is 13.4. The van der Waals surface area contributed by atoms with Crippen LogP contribution >= 0.6 is 11.8 Å². The minimum absolute atomic E-state index is 0.0994. The molecule has 4 rings (SSSR count). The monoisotopic (exact) mass is 357 g/mol. The molecule has 2 aromatic heterocycles. The number of ether oxygens (including phenoxy) is 2. The summed E-state index contributed by atoms with van der Waals surface area (Å²) in [6.45, 7) is 2.16. The van der Waals surface area contributed by atoms with Gasteiger partial charge >= 0.3 is 0 Å². The predicted molar refractivity (Wildman–Crippen MR) is 92.8 cm³/mol. The van der Waals surface area contributed by atoms with E-state index >= 15 is 0 Å². The predicted octanol–water partition coefficient (Wildman–Crippen LogP) is 2.59. The maximum absolute atomic E-state index is 12.6. The fourth-order valence-corrected chi connectivity index (χ4v) is 3.46. The lowest BCUT2D eigenvalue weighted by Crippen LogP contribution is -2.24. The molecule has 0 saturated carbocycles. The van der Waals surface area contributed by atoms with Gasteiger partial charge in [0.2, 0.25) is 12.7 Å². The third-order valence-corrected chi connectivity index (χ3v) is 5.11. The van der Waals surface area contributed by atoms with E-state index in [0.29, 0.717) is 34.3 Å². The molecule has 3 heterocycles. The molecule has 0 unspecified atom stereocenters. The summed E-state index contributed by atoms with van der Waals surface area (Å²) in [7, 11) is 0. The Kier molecular flexibility index (Phi) is 4.14. The summed E-state index contributed by atoms with van der Waals surface area (Å²) in [4.78, 5) is 28.1. The van der Waals surface area contributed by atoms with Gasteiger partial charge in [0, 0.05) is 11.8 Å². The average Bonchev–Trinajstić information content (AvgIpc) is 3.28. The number of anilines is 1. The molecule has 25 heavy (non-hydrogen) atoms. The van der Waals surface area contributed by atoms with Crippen LogP contribution in [0.1, 0.15) is 13.3 Å². The summed E-state index contributed by atoms with van der Waals surface area (Å²) in [6.07, 6.45) is 3.67. The number of thioether (sulfide) groups is 1. The number of benzene rings is 1. The third-order valence-electron chi connectivity index (χ3n) is 3.75. The number of fused-ring (bicyclic) bond motifs is 2. The molecule has 0 saturated heterocycles. The van der Waals surface area contributed by atoms with Crippen LogP contribution in [0.2, 0.25) is 0 Å². The molecule has 1 aliphatic heterocycles. The van der Waals surface area contributed by atoms with Crippen LogP contribution < -0.4 is 14.8 Å². The number of hydrogen-bond acceptors (Lipinski definition) is 7. The lowest BCUT2D eigenvalue weighted by Gasteiger charge is -2.14. The smallest absolute Gasteiger partial charge is 0.237 e. The molecule has 0 spiro atoms. The van der Waals surface area contributed by atoms with Crippen molar-refractivity contribution in [2.75, 3.05) is 12.1 Å². The average molecular weight is 357 g/mol. The SMILES string of the molecule is CC[C@@H](Sc1ncnc2nc[nH]c12)C(=O)Nc1ccc2c(c1)OCO2. The highest BCUT2D eigenvalue weighted by Gasteiger charge is 2.22. The Bertz CT molecular complexity index is 929. The van der Waals surface area contributed by atoms with E-state index in [4.69, 9.17) is 9.47 Å². The lowest BCUT2D eigenvalue weighted by molar-refractivity contribution is -0.115. The first-order valence-electron chi connectivity index (χ1n) is 7.76. The molecule has 1 aliphatic rings. The number of aromatic nitrogens is 4. The van der Waals surface area contributed by atoms with Crippen LogP contribution in [0.5, 0.6) is 11.5 Å². The van der Waals surface area contributed by atoms with Crippen LogP contribution in [0, 0.1) is 0 Å². The third kappa shape index (κ3) is 3.10. The van der Waals surface area contributed by atoms with Gasteiger partial charge < -0.3 is 19.8 Å². The molecule has 1 atom stereocenters. The standard InChI is InChI=1S/C16H15N5O3S/c1-2-12(25-16-13-14(18-6-17-13)19-7-20-16)15(22)21-9-3-4-10-11(5-9)24-8-23-10/h3-7,12H,2,8H2,1H3,(H,21,22)(H,17,18,19,20)/t12-/m1/s1. The Hall–Kier alpha value is -2.81. The molecule has 128 valence electrons. The van der Waals surface area contributed by atoms with E-state index in [1.807, 2.05) is 6.92 Å². The van der Waals surface area contributed by atoms with Gasteiger partial charge in [0.15, 0.2) is 17.1 Å². The van der Waals surface area contributed by atoms with Crippen molar-refractivity contribution >= 4 is 34.5 Å². The van der Waals surface area contributed by atoms with Gasteiger partial charge in [-0.15, -0.1) is 0 Å². The van der Waals surface area contributed by atoms with E-state index in [1.165, 1.54) is 18.1 Å². The van der Waals surface area contributed by atoms with Crippen molar-refractivity contribution in [2.24, 2.45) is 0 Å². The van der Waals surface area contributed by atoms with Gasteiger partial charge in [0.05, 0.1) is 11.6 Å². The fraction of sp³-hybridized carbons (Fsp3) is 0.250. The number of hydrogen-bond donors (Lipinski definition) is 2. The number of amides is 1. The van der Waals surface area contributed by atoms with E-state index in [9.17, 15) is 4.79 Å². The Morgan fingerprint density at radius 2 is 2.20 bits per heavy atom. The second-order valence-electron chi connectivity index (χ2n) is 5.35. The topological polar surface area (TPSA) is 102 Å². The molecule has 2 N–H and O–H groups in total. The van der Waals surface area contributed by atoms with Crippen LogP contribution in [0.15, 0.2) is 35.9 Å². The van der Waals surface area contributed by atoms with Crippen molar-refractivity contribution < 1.29 is 14.3 Å². The first-order valence-corrected chi connectivity index (χ1v) is 8.64. The quantitative estimate of drug-likeness (QED) is 0.534. The minimum Gasteiger partial charge on any atom is -0.454 e. The number of aromatic amines is 1. The summed E-state index contributed by atoms with van der Waals surface area (Å²) < 4.78 is 10.6. The number of rotatable bonds is 5. The molecule has 0 radical (unpaired) electrons. The highest BCUT2D eigenvalue weighted by Crippen LogP contribution is 2.35. The normalized spacial score (nSPS) is 13.8. The number of carbonyl (C=O) groups excluding carboxylic acids is 1. The fourth-order valence-electron chi connectivity index (χ4n) is 2.49. The van der Waals surface area contributed by atoms with Gasteiger partial charge in [-0.25, -0.2) is 15.0 Å². The molecule has 3 aromatic rings. The van der Waals surface area contributed by atoms with E-state index in [0.717, 1.165) is 5.52 Å². The molecular formula is C16H15N5O3S. The highest BCUT2D eigenvalue weighted by atomic mass is 32.2. The van der Waals surface area contributed by atoms with Crippen molar-refractivity contribution in [1.29, 1.82) is 0 Å². The van der Waals surface area contributed by atoms with Crippen LogP contribution in [0.4, 0.5) is 5.69 Å². The molecule has 0 fully saturated rings. The van der Waals surface area contributed by atoms with Gasteiger partial charge in [-0.1, -0.05) is 18.7 Å². The largest absolute Gasteiger partial charge is 0.454 e. The number of H-pyrrole nitrogens is 1. The Morgan fingerprint density at radius 1 is 1.32 bits per heavy atom. The Labute approximate surface area is 147 Å². The van der Waals surface area contributed by atoms with E-state index in [-0.39, 0.29) is 18.0 Å². The zero-order valence-corrected chi connectivity index (χ0v) is 14.2. The molecule has 0 aliphatic carbocycles. The first-order chi connectivity index (χ1) is 12.2. The van der Waals surface area contributed by atoms with Gasteiger partial charge in [0.25, 0.3) is 0 Å². The van der Waals surface area contributed by atoms with Crippen molar-refractivity contribution in [3.63, 3.8) is 0 Å². The Balaban J connectivity index is 1.50. The van der Waals surface area contributed by atoms with E-state index in [1.54, 1.807) is 24.5 Å². The molecule has 0 bridgehead atoms. The van der Waals surface area contributed by atoms with Crippen LogP contribution in [0.25, 0.3) is 11.2 Å². The molecule has 1 amide bonds. The van der Waals surface area contributed by atoms with E-state index < -0.39 is 0 Å². The zero-order chi connectivity index (χ0) is 17.2. The summed E-state index contributed by atoms with van der Waals surface area (Å²) in [5, 5.41) is 3.32. The van der Waals surface area contributed by atoms with Gasteiger partial charge in [0.1, 0.15) is 16.9 Å². The van der Waals surface area contributed by atoms with Gasteiger partial charge in [-0.05, 0) is 18.6 Å². The molecule has 8 nitrogen and oxygen atoms in total. The number of carbonyl (C=O) groups is 1. The van der Waals surface area contributed by atoms with Crippen molar-refractivity contribution in [3.05, 3.63) is 30.9 Å². The number of imidazole rings is 1. The number of nitrogens with zero attached hydrogens (tertiary/aromatic N) is 3. The lowest BCUT2D eigenvalue weighted by atomic mass is 10.2. The number of nitrogens with one attached hydrogen (secondary N) is 2. The van der Waals surface area contributed by atoms with E-state index in [2.05, 4.69) is 25.3 Å². The van der Waals surface area contributed by atoms with Crippen molar-refractivity contribution in [3.8, 4) is 11.5 Å². The molecule has 1 aromatic carbocycles. The summed E-state index contributed by atoms with van der Waals surface area (Å²) >= 11 is 1.39. The summed E-state index contributed by atoms with van der Waals surface area (Å²) in [5.41, 5.74) is 1.99. The van der Waals surface area contributed by atoms with Crippen LogP contribution in [0.3, 0.4) is 0 Å². The minimum atomic E-state index is -0.299. The van der Waals surface area contributed by atoms with Crippen molar-refractivity contribution in [2.45, 2.75) is 23.6 Å². The van der Waals surface area contributed by atoms with Gasteiger partial charge in [-0.2, -0.15) is 0 Å². The van der Waals surface area contributed by atoms with Crippen LogP contribution in [-0.2, 0) is 4.79 Å². The second kappa shape index (κ2) is 6.60. The van der Waals surface area contributed by atoms with Crippen LogP contribution in [-0.4, -0.2) is 37.9 Å². The van der Waals surface area contributed by atoms with Gasteiger partial charge in [-0.3, -0.25) is 4.79 Å². The highest BCUT2D eigenvalue weighted by molar-refractivity contribution is 8.00. The molecule has 9 heteroatoms. The van der Waals surface area contributed by atoms with Crippen molar-refractivity contribution in [1.82, 2.24) is 19.9 Å². The summed E-state index contributed by atoms with van der Waals surface area (Å²) in [5.74, 6) is 1.22. The molecular weight excluding hydrogens is 342 g/mol. The second-order valence-corrected chi connectivity index (χ2v) is 6.54. The maximum atomic E-state index is 12.6. The Morgan fingerprint density at radius 3 is 3.08 bits per heavy atom.